The van der Waals surface area contributed by atoms with Crippen molar-refractivity contribution in [3.05, 3.63) is 29.6 Å². The van der Waals surface area contributed by atoms with Gasteiger partial charge in [0.05, 0.1) is 23.2 Å². The Morgan fingerprint density at radius 2 is 1.92 bits per heavy atom. The number of aliphatic hydroxyl groups excluding tert-OH is 4. The van der Waals surface area contributed by atoms with E-state index in [4.69, 9.17) is 5.11 Å². The molecule has 6 N–H and O–H groups in total. The molecule has 11 heteroatoms. The van der Waals surface area contributed by atoms with E-state index >= 15 is 0 Å². The molecule has 0 radical (unpaired) electrons. The average Bonchev–Trinajstić information content (AvgIpc) is 2.99. The van der Waals surface area contributed by atoms with Gasteiger partial charge in [-0.1, -0.05) is 0 Å². The Kier molecular flexibility index (Phi) is 5.86. The summed E-state index contributed by atoms with van der Waals surface area (Å²) in [7, 11) is 0. The molecule has 4 atom stereocenters. The fourth-order valence-electron chi connectivity index (χ4n) is 2.42. The highest BCUT2D eigenvalue weighted by Crippen LogP contribution is 2.31. The van der Waals surface area contributed by atoms with Gasteiger partial charge in [0, 0.05) is 6.92 Å². The fraction of sp³-hybridized carbons (Fsp3) is 0.467. The highest BCUT2D eigenvalue weighted by molar-refractivity contribution is 5.77. The molecule has 1 amide bonds. The first-order valence-electron chi connectivity index (χ1n) is 7.53. The topological polar surface area (TPSA) is 139 Å². The zero-order valence-corrected chi connectivity index (χ0v) is 13.5. The van der Waals surface area contributed by atoms with E-state index in [0.29, 0.717) is 0 Å². The van der Waals surface area contributed by atoms with Crippen molar-refractivity contribution in [1.29, 1.82) is 0 Å². The summed E-state index contributed by atoms with van der Waals surface area (Å²) in [5, 5.41) is 40.7. The maximum absolute atomic E-state index is 12.8. The average molecular weight is 377 g/mol. The molecule has 0 saturated carbocycles. The molecule has 0 spiro atoms. The number of halogens is 3. The van der Waals surface area contributed by atoms with E-state index in [1.807, 2.05) is 0 Å². The third-order valence-electron chi connectivity index (χ3n) is 3.75. The number of H-pyrrole nitrogens is 1. The van der Waals surface area contributed by atoms with Crippen LogP contribution < -0.4 is 5.32 Å². The van der Waals surface area contributed by atoms with Crippen molar-refractivity contribution in [2.24, 2.45) is 0 Å². The molecule has 2 aromatic rings. The highest BCUT2D eigenvalue weighted by Gasteiger charge is 2.35. The van der Waals surface area contributed by atoms with Crippen LogP contribution in [0.5, 0.6) is 0 Å². The summed E-state index contributed by atoms with van der Waals surface area (Å²) in [6, 6.07) is 1.43. The van der Waals surface area contributed by atoms with Crippen LogP contribution in [0.4, 0.5) is 13.2 Å². The number of rotatable bonds is 6. The number of alkyl halides is 3. The number of hydrogen-bond donors (Lipinski definition) is 6. The lowest BCUT2D eigenvalue weighted by molar-refractivity contribution is -0.137. The third kappa shape index (κ3) is 4.30. The molecule has 144 valence electrons. The Bertz CT molecular complexity index is 779. The second-order valence-electron chi connectivity index (χ2n) is 5.76. The van der Waals surface area contributed by atoms with E-state index in [-0.39, 0.29) is 16.9 Å². The molecule has 0 bridgehead atoms. The number of benzene rings is 1. The quantitative estimate of drug-likeness (QED) is 0.413. The summed E-state index contributed by atoms with van der Waals surface area (Å²) in [5.41, 5.74) is -0.766. The number of fused-ring (bicyclic) bond motifs is 1. The van der Waals surface area contributed by atoms with Gasteiger partial charge in [-0.2, -0.15) is 13.2 Å². The SMILES string of the molecule is CC(=O)N[C@H](c1nc2cc(C(F)(F)F)ccc2[nH]1)C(O)C(O)C(O)CO. The van der Waals surface area contributed by atoms with Crippen molar-refractivity contribution >= 4 is 16.9 Å². The second-order valence-corrected chi connectivity index (χ2v) is 5.76. The van der Waals surface area contributed by atoms with Crippen LogP contribution in [-0.2, 0) is 11.0 Å². The second kappa shape index (κ2) is 7.58. The number of carbonyl (C=O) groups is 1. The van der Waals surface area contributed by atoms with Gasteiger partial charge in [-0.15, -0.1) is 0 Å². The number of hydrogen-bond acceptors (Lipinski definition) is 6. The molecule has 26 heavy (non-hydrogen) atoms. The summed E-state index contributed by atoms with van der Waals surface area (Å²) in [6.07, 6.45) is -9.88. The number of nitrogens with one attached hydrogen (secondary N) is 2. The van der Waals surface area contributed by atoms with Crippen molar-refractivity contribution in [2.75, 3.05) is 6.61 Å². The lowest BCUT2D eigenvalue weighted by Gasteiger charge is -2.28. The Hall–Kier alpha value is -2.21. The van der Waals surface area contributed by atoms with Crippen LogP contribution in [0.25, 0.3) is 11.0 Å². The van der Waals surface area contributed by atoms with Gasteiger partial charge in [0.2, 0.25) is 5.91 Å². The lowest BCUT2D eigenvalue weighted by atomic mass is 10.0. The highest BCUT2D eigenvalue weighted by atomic mass is 19.4. The van der Waals surface area contributed by atoms with Gasteiger partial charge in [-0.05, 0) is 18.2 Å². The molecule has 1 heterocycles. The minimum Gasteiger partial charge on any atom is -0.394 e. The van der Waals surface area contributed by atoms with Gasteiger partial charge >= 0.3 is 6.18 Å². The molecule has 0 aliphatic heterocycles. The smallest absolute Gasteiger partial charge is 0.394 e. The number of aromatic amines is 1. The van der Waals surface area contributed by atoms with Crippen LogP contribution in [0.1, 0.15) is 24.4 Å². The monoisotopic (exact) mass is 377 g/mol. The summed E-state index contributed by atoms with van der Waals surface area (Å²) in [6.45, 7) is 0.277. The van der Waals surface area contributed by atoms with Gasteiger partial charge in [0.15, 0.2) is 0 Å². The van der Waals surface area contributed by atoms with Crippen molar-refractivity contribution in [1.82, 2.24) is 15.3 Å². The van der Waals surface area contributed by atoms with Gasteiger partial charge in [-0.25, -0.2) is 4.98 Å². The van der Waals surface area contributed by atoms with Gasteiger partial charge in [-0.3, -0.25) is 4.79 Å². The first-order chi connectivity index (χ1) is 12.0. The molecular weight excluding hydrogens is 359 g/mol. The van der Waals surface area contributed by atoms with Crippen LogP contribution in [0.2, 0.25) is 0 Å². The maximum atomic E-state index is 12.8. The molecule has 1 aromatic heterocycles. The van der Waals surface area contributed by atoms with E-state index < -0.39 is 48.6 Å². The van der Waals surface area contributed by atoms with Gasteiger partial charge < -0.3 is 30.7 Å². The molecule has 2 rings (SSSR count). The molecular formula is C15H18F3N3O5. The zero-order chi connectivity index (χ0) is 19.6. The molecule has 0 fully saturated rings. The maximum Gasteiger partial charge on any atom is 0.416 e. The van der Waals surface area contributed by atoms with Crippen LogP contribution in [0, 0.1) is 0 Å². The van der Waals surface area contributed by atoms with Crippen LogP contribution in [-0.4, -0.2) is 61.2 Å². The first-order valence-corrected chi connectivity index (χ1v) is 7.53. The minimum atomic E-state index is -4.56. The van der Waals surface area contributed by atoms with E-state index in [9.17, 15) is 33.3 Å². The van der Waals surface area contributed by atoms with Crippen LogP contribution in [0.3, 0.4) is 0 Å². The third-order valence-corrected chi connectivity index (χ3v) is 3.75. The first kappa shape index (κ1) is 20.1. The predicted octanol–water partition coefficient (Wildman–Crippen LogP) is -0.166. The van der Waals surface area contributed by atoms with Crippen molar-refractivity contribution in [3.63, 3.8) is 0 Å². The zero-order valence-electron chi connectivity index (χ0n) is 13.5. The summed E-state index contributed by atoms with van der Waals surface area (Å²) in [5.74, 6) is -0.734. The number of aliphatic hydroxyl groups is 4. The van der Waals surface area contributed by atoms with E-state index in [2.05, 4.69) is 15.3 Å². The van der Waals surface area contributed by atoms with Gasteiger partial charge in [0.1, 0.15) is 30.2 Å². The van der Waals surface area contributed by atoms with Crippen LogP contribution in [0.15, 0.2) is 18.2 Å². The largest absolute Gasteiger partial charge is 0.416 e. The molecule has 1 aromatic carbocycles. The summed E-state index contributed by atoms with van der Waals surface area (Å²) in [4.78, 5) is 18.0. The number of carbonyl (C=O) groups excluding carboxylic acids is 1. The van der Waals surface area contributed by atoms with Gasteiger partial charge in [0.25, 0.3) is 0 Å². The number of nitrogens with zero attached hydrogens (tertiary/aromatic N) is 1. The van der Waals surface area contributed by atoms with E-state index in [1.165, 1.54) is 0 Å². The predicted molar refractivity (Wildman–Crippen MR) is 82.8 cm³/mol. The standard InChI is InChI=1S/C15H18F3N3O5/c1-6(23)19-11(13(26)12(25)10(24)5-22)14-20-8-3-2-7(15(16,17)18)4-9(8)21-14/h2-4,10-13,22,24-26H,5H2,1H3,(H,19,23)(H,20,21)/t10?,11-,12?,13?/m0/s1. The minimum absolute atomic E-state index is 0.0606. The van der Waals surface area contributed by atoms with E-state index in [1.54, 1.807) is 0 Å². The Balaban J connectivity index is 2.43. The molecule has 0 aliphatic carbocycles. The summed E-state index contributed by atoms with van der Waals surface area (Å²) >= 11 is 0. The van der Waals surface area contributed by atoms with Crippen molar-refractivity contribution < 1.29 is 38.4 Å². The van der Waals surface area contributed by atoms with E-state index in [0.717, 1.165) is 25.1 Å². The Morgan fingerprint density at radius 1 is 1.27 bits per heavy atom. The Labute approximate surface area is 145 Å². The fourth-order valence-corrected chi connectivity index (χ4v) is 2.42. The molecule has 8 nitrogen and oxygen atoms in total. The number of aromatic nitrogens is 2. The molecule has 0 saturated heterocycles. The normalized spacial score (nSPS) is 16.9. The molecule has 0 aliphatic rings. The lowest BCUT2D eigenvalue weighted by Crippen LogP contribution is -2.47. The molecule has 3 unspecified atom stereocenters. The summed E-state index contributed by atoms with van der Waals surface area (Å²) < 4.78 is 38.4. The Morgan fingerprint density at radius 3 is 2.46 bits per heavy atom. The van der Waals surface area contributed by atoms with Crippen molar-refractivity contribution in [2.45, 2.75) is 37.5 Å². The number of imidazole rings is 1. The van der Waals surface area contributed by atoms with Crippen LogP contribution >= 0.6 is 0 Å². The number of amides is 1. The van der Waals surface area contributed by atoms with Crippen molar-refractivity contribution in [3.8, 4) is 0 Å².